The number of primary amides is 1. The van der Waals surface area contributed by atoms with Crippen molar-refractivity contribution in [1.82, 2.24) is 9.78 Å². The zero-order chi connectivity index (χ0) is 18.0. The lowest BCUT2D eigenvalue weighted by Crippen LogP contribution is -2.23. The number of methoxy groups -OCH3 is 1. The van der Waals surface area contributed by atoms with E-state index in [1.165, 1.54) is 0 Å². The molecule has 1 unspecified atom stereocenters. The molecule has 0 radical (unpaired) electrons. The number of ether oxygens (including phenoxy) is 1. The topological polar surface area (TPSA) is 70.1 Å². The molecular formula is C19H18BrN3O2. The molecule has 1 amide bonds. The molecule has 0 aliphatic heterocycles. The molecule has 0 bridgehead atoms. The fourth-order valence-electron chi connectivity index (χ4n) is 2.92. The van der Waals surface area contributed by atoms with E-state index in [0.29, 0.717) is 5.75 Å². The summed E-state index contributed by atoms with van der Waals surface area (Å²) in [7, 11) is 3.44. The quantitative estimate of drug-likeness (QED) is 0.713. The van der Waals surface area contributed by atoms with Crippen LogP contribution in [-0.4, -0.2) is 22.8 Å². The SMILES string of the molecule is COc1ccccc1C(C(N)=O)c1cccc(-c2nn(C)cc2Br)c1. The van der Waals surface area contributed by atoms with E-state index in [4.69, 9.17) is 10.5 Å². The Morgan fingerprint density at radius 3 is 2.64 bits per heavy atom. The van der Waals surface area contributed by atoms with Crippen LogP contribution < -0.4 is 10.5 Å². The molecule has 2 aromatic carbocycles. The lowest BCUT2D eigenvalue weighted by Gasteiger charge is -2.18. The van der Waals surface area contributed by atoms with Crippen LogP contribution in [0, 0.1) is 0 Å². The van der Waals surface area contributed by atoms with Crippen LogP contribution in [0.25, 0.3) is 11.3 Å². The van der Waals surface area contributed by atoms with Gasteiger partial charge >= 0.3 is 0 Å². The van der Waals surface area contributed by atoms with Gasteiger partial charge in [-0.3, -0.25) is 9.48 Å². The summed E-state index contributed by atoms with van der Waals surface area (Å²) in [5.74, 6) is -0.393. The Balaban J connectivity index is 2.11. The number of halogens is 1. The summed E-state index contributed by atoms with van der Waals surface area (Å²) in [6.07, 6.45) is 1.88. The third-order valence-corrected chi connectivity index (χ3v) is 4.59. The first-order valence-electron chi connectivity index (χ1n) is 7.73. The third-order valence-electron chi connectivity index (χ3n) is 4.01. The van der Waals surface area contributed by atoms with Crippen molar-refractivity contribution in [2.75, 3.05) is 7.11 Å². The molecular weight excluding hydrogens is 382 g/mol. The molecule has 128 valence electrons. The molecule has 0 aliphatic carbocycles. The maximum absolute atomic E-state index is 12.2. The molecule has 25 heavy (non-hydrogen) atoms. The Morgan fingerprint density at radius 1 is 1.24 bits per heavy atom. The average Bonchev–Trinajstić information content (AvgIpc) is 2.94. The highest BCUT2D eigenvalue weighted by Gasteiger charge is 2.24. The van der Waals surface area contributed by atoms with Crippen molar-refractivity contribution in [3.8, 4) is 17.0 Å². The third kappa shape index (κ3) is 3.44. The first-order valence-corrected chi connectivity index (χ1v) is 8.52. The minimum Gasteiger partial charge on any atom is -0.496 e. The van der Waals surface area contributed by atoms with Crippen molar-refractivity contribution in [1.29, 1.82) is 0 Å². The molecule has 0 aliphatic rings. The lowest BCUT2D eigenvalue weighted by atomic mass is 9.89. The minimum absolute atomic E-state index is 0.429. The second kappa shape index (κ2) is 7.11. The van der Waals surface area contributed by atoms with Crippen LogP contribution in [0.1, 0.15) is 17.0 Å². The van der Waals surface area contributed by atoms with E-state index in [0.717, 1.165) is 26.9 Å². The van der Waals surface area contributed by atoms with Gasteiger partial charge < -0.3 is 10.5 Å². The van der Waals surface area contributed by atoms with E-state index in [2.05, 4.69) is 21.0 Å². The molecule has 0 saturated heterocycles. The smallest absolute Gasteiger partial charge is 0.229 e. The molecule has 0 saturated carbocycles. The van der Waals surface area contributed by atoms with Gasteiger partial charge in [0.1, 0.15) is 11.4 Å². The Morgan fingerprint density at radius 2 is 2.00 bits per heavy atom. The summed E-state index contributed by atoms with van der Waals surface area (Å²) >= 11 is 3.52. The molecule has 0 spiro atoms. The maximum Gasteiger partial charge on any atom is 0.229 e. The number of rotatable bonds is 5. The van der Waals surface area contributed by atoms with Crippen LogP contribution in [0.4, 0.5) is 0 Å². The van der Waals surface area contributed by atoms with Crippen molar-refractivity contribution >= 4 is 21.8 Å². The Kier molecular flexibility index (Phi) is 4.90. The van der Waals surface area contributed by atoms with Crippen molar-refractivity contribution in [2.24, 2.45) is 12.8 Å². The highest BCUT2D eigenvalue weighted by atomic mass is 79.9. The van der Waals surface area contributed by atoms with Gasteiger partial charge in [-0.05, 0) is 33.6 Å². The van der Waals surface area contributed by atoms with Gasteiger partial charge in [0.25, 0.3) is 0 Å². The second-order valence-corrected chi connectivity index (χ2v) is 6.56. The molecule has 0 fully saturated rings. The van der Waals surface area contributed by atoms with E-state index in [1.54, 1.807) is 11.8 Å². The van der Waals surface area contributed by atoms with Gasteiger partial charge in [-0.1, -0.05) is 36.4 Å². The summed E-state index contributed by atoms with van der Waals surface area (Å²) in [6.45, 7) is 0. The molecule has 1 aromatic heterocycles. The second-order valence-electron chi connectivity index (χ2n) is 5.70. The standard InChI is InChI=1S/C19H18BrN3O2/c1-23-11-15(20)18(22-23)13-7-5-6-12(10-13)17(19(21)24)14-8-3-4-9-16(14)25-2/h3-11,17H,1-2H3,(H2,21,24). The van der Waals surface area contributed by atoms with Crippen LogP contribution in [0.5, 0.6) is 5.75 Å². The van der Waals surface area contributed by atoms with Crippen LogP contribution in [-0.2, 0) is 11.8 Å². The number of carbonyl (C=O) groups excluding carboxylic acids is 1. The number of hydrogen-bond acceptors (Lipinski definition) is 3. The zero-order valence-electron chi connectivity index (χ0n) is 13.9. The molecule has 3 aromatic rings. The molecule has 1 heterocycles. The number of hydrogen-bond donors (Lipinski definition) is 1. The molecule has 5 nitrogen and oxygen atoms in total. The molecule has 6 heteroatoms. The Labute approximate surface area is 154 Å². The van der Waals surface area contributed by atoms with Gasteiger partial charge in [-0.25, -0.2) is 0 Å². The normalized spacial score (nSPS) is 12.0. The van der Waals surface area contributed by atoms with Gasteiger partial charge in [0.05, 0.1) is 17.5 Å². The summed E-state index contributed by atoms with van der Waals surface area (Å²) in [6, 6.07) is 15.1. The molecule has 2 N–H and O–H groups in total. The van der Waals surface area contributed by atoms with Gasteiger partial charge in [0.2, 0.25) is 5.91 Å². The van der Waals surface area contributed by atoms with Crippen molar-refractivity contribution < 1.29 is 9.53 Å². The van der Waals surface area contributed by atoms with Gasteiger partial charge in [0, 0.05) is 24.4 Å². The van der Waals surface area contributed by atoms with Crippen molar-refractivity contribution in [3.05, 3.63) is 70.3 Å². The van der Waals surface area contributed by atoms with Crippen LogP contribution in [0.3, 0.4) is 0 Å². The highest BCUT2D eigenvalue weighted by molar-refractivity contribution is 9.10. The van der Waals surface area contributed by atoms with E-state index in [9.17, 15) is 4.79 Å². The first kappa shape index (κ1) is 17.2. The van der Waals surface area contributed by atoms with Gasteiger partial charge in [-0.2, -0.15) is 5.10 Å². The highest BCUT2D eigenvalue weighted by Crippen LogP contribution is 2.34. The maximum atomic E-state index is 12.2. The summed E-state index contributed by atoms with van der Waals surface area (Å²) in [5, 5.41) is 4.46. The van der Waals surface area contributed by atoms with Crippen LogP contribution in [0.15, 0.2) is 59.2 Å². The summed E-state index contributed by atoms with van der Waals surface area (Å²) < 4.78 is 8.03. The fraction of sp³-hybridized carbons (Fsp3) is 0.158. The predicted molar refractivity (Wildman–Crippen MR) is 100 cm³/mol. The zero-order valence-corrected chi connectivity index (χ0v) is 15.5. The number of carbonyl (C=O) groups is 1. The number of nitrogens with zero attached hydrogens (tertiary/aromatic N) is 2. The van der Waals surface area contributed by atoms with Crippen molar-refractivity contribution in [3.63, 3.8) is 0 Å². The van der Waals surface area contributed by atoms with Crippen LogP contribution in [0.2, 0.25) is 0 Å². The monoisotopic (exact) mass is 399 g/mol. The fourth-order valence-corrected chi connectivity index (χ4v) is 3.53. The lowest BCUT2D eigenvalue weighted by molar-refractivity contribution is -0.118. The Hall–Kier alpha value is -2.60. The van der Waals surface area contributed by atoms with E-state index in [1.807, 2.05) is 61.8 Å². The van der Waals surface area contributed by atoms with Crippen molar-refractivity contribution in [2.45, 2.75) is 5.92 Å². The molecule has 1 atom stereocenters. The first-order chi connectivity index (χ1) is 12.0. The minimum atomic E-state index is -0.599. The van der Waals surface area contributed by atoms with E-state index >= 15 is 0 Å². The predicted octanol–water partition coefficient (Wildman–Crippen LogP) is 3.48. The van der Waals surface area contributed by atoms with Gasteiger partial charge in [-0.15, -0.1) is 0 Å². The molecule has 3 rings (SSSR count). The van der Waals surface area contributed by atoms with E-state index < -0.39 is 11.8 Å². The van der Waals surface area contributed by atoms with E-state index in [-0.39, 0.29) is 0 Å². The Bertz CT molecular complexity index is 921. The largest absolute Gasteiger partial charge is 0.496 e. The summed E-state index contributed by atoms with van der Waals surface area (Å²) in [5.41, 5.74) is 8.99. The van der Waals surface area contributed by atoms with Gasteiger partial charge in [0.15, 0.2) is 0 Å². The number of para-hydroxylation sites is 1. The number of amides is 1. The number of aromatic nitrogens is 2. The summed E-state index contributed by atoms with van der Waals surface area (Å²) in [4.78, 5) is 12.2. The van der Waals surface area contributed by atoms with Crippen LogP contribution >= 0.6 is 15.9 Å². The number of benzene rings is 2. The average molecular weight is 400 g/mol. The number of nitrogens with two attached hydrogens (primary N) is 1. The number of aryl methyl sites for hydroxylation is 1.